The van der Waals surface area contributed by atoms with Crippen LogP contribution in [0.1, 0.15) is 17.5 Å². The number of benzene rings is 3. The smallest absolute Gasteiger partial charge is 0.168 e. The monoisotopic (exact) mass is 349 g/mol. The first kappa shape index (κ1) is 15.8. The maximum Gasteiger partial charge on any atom is 0.168 e. The zero-order chi connectivity index (χ0) is 18.1. The van der Waals surface area contributed by atoms with E-state index in [1.807, 2.05) is 36.4 Å². The highest BCUT2D eigenvalue weighted by molar-refractivity contribution is 5.73. The van der Waals surface area contributed by atoms with Crippen molar-refractivity contribution in [2.75, 3.05) is 0 Å². The molecule has 27 heavy (non-hydrogen) atoms. The van der Waals surface area contributed by atoms with Crippen molar-refractivity contribution in [3.8, 4) is 28.5 Å². The fourth-order valence-corrected chi connectivity index (χ4v) is 3.71. The summed E-state index contributed by atoms with van der Waals surface area (Å²) in [4.78, 5) is 0. The van der Waals surface area contributed by atoms with E-state index in [-0.39, 0.29) is 0 Å². The second kappa shape index (κ2) is 6.69. The van der Waals surface area contributed by atoms with E-state index in [4.69, 9.17) is 0 Å². The topological polar surface area (TPSA) is 30.7 Å². The summed E-state index contributed by atoms with van der Waals surface area (Å²) in [5.74, 6) is 1.73. The lowest BCUT2D eigenvalue weighted by atomic mass is 9.95. The molecule has 0 spiro atoms. The normalized spacial score (nSPS) is 12.7. The largest absolute Gasteiger partial charge is 0.274 e. The van der Waals surface area contributed by atoms with Crippen LogP contribution in [-0.2, 0) is 6.42 Å². The summed E-state index contributed by atoms with van der Waals surface area (Å²) >= 11 is 0. The van der Waals surface area contributed by atoms with Crippen LogP contribution in [0.3, 0.4) is 0 Å². The van der Waals surface area contributed by atoms with Gasteiger partial charge in [0, 0.05) is 16.7 Å². The molecule has 0 fully saturated rings. The Morgan fingerprint density at radius 1 is 0.667 bits per heavy atom. The number of hydrogen-bond donors (Lipinski definition) is 0. The van der Waals surface area contributed by atoms with Crippen LogP contribution in [-0.4, -0.2) is 14.8 Å². The number of fused-ring (bicyclic) bond motifs is 1. The van der Waals surface area contributed by atoms with Crippen LogP contribution in [0.4, 0.5) is 0 Å². The second-order valence-electron chi connectivity index (χ2n) is 6.71. The average molecular weight is 349 g/mol. The molecule has 0 aliphatic heterocycles. The predicted octanol–water partition coefficient (Wildman–Crippen LogP) is 5.56. The van der Waals surface area contributed by atoms with Crippen LogP contribution in [0.2, 0.25) is 0 Å². The molecule has 1 aromatic heterocycles. The summed E-state index contributed by atoms with van der Waals surface area (Å²) in [6.45, 7) is 0. The molecule has 4 aromatic rings. The van der Waals surface area contributed by atoms with Crippen molar-refractivity contribution in [2.24, 2.45) is 0 Å². The Hall–Kier alpha value is -3.46. The van der Waals surface area contributed by atoms with Crippen molar-refractivity contribution in [2.45, 2.75) is 12.8 Å². The van der Waals surface area contributed by atoms with E-state index >= 15 is 0 Å². The Morgan fingerprint density at radius 2 is 1.30 bits per heavy atom. The average Bonchev–Trinajstić information content (AvgIpc) is 3.19. The summed E-state index contributed by atoms with van der Waals surface area (Å²) in [7, 11) is 0. The van der Waals surface area contributed by atoms with Gasteiger partial charge in [-0.3, -0.25) is 4.57 Å². The van der Waals surface area contributed by atoms with Gasteiger partial charge >= 0.3 is 0 Å². The van der Waals surface area contributed by atoms with Gasteiger partial charge in [-0.1, -0.05) is 84.9 Å². The minimum Gasteiger partial charge on any atom is -0.274 e. The van der Waals surface area contributed by atoms with Gasteiger partial charge in [0.15, 0.2) is 11.6 Å². The second-order valence-corrected chi connectivity index (χ2v) is 6.71. The van der Waals surface area contributed by atoms with Crippen LogP contribution < -0.4 is 0 Å². The minimum absolute atomic E-state index is 0.863. The third kappa shape index (κ3) is 2.77. The molecule has 1 aliphatic carbocycles. The lowest BCUT2D eigenvalue weighted by molar-refractivity contribution is 0.968. The zero-order valence-electron chi connectivity index (χ0n) is 14.9. The molecule has 3 nitrogen and oxygen atoms in total. The maximum atomic E-state index is 4.58. The third-order valence-electron chi connectivity index (χ3n) is 5.01. The molecular formula is C24H19N3. The van der Waals surface area contributed by atoms with Crippen LogP contribution in [0.25, 0.3) is 34.5 Å². The van der Waals surface area contributed by atoms with E-state index in [1.54, 1.807) is 0 Å². The molecule has 0 amide bonds. The van der Waals surface area contributed by atoms with Crippen LogP contribution in [0.15, 0.2) is 84.9 Å². The Labute approximate surface area is 158 Å². The van der Waals surface area contributed by atoms with Gasteiger partial charge in [-0.05, 0) is 24.5 Å². The van der Waals surface area contributed by atoms with Crippen molar-refractivity contribution in [3.63, 3.8) is 0 Å². The molecule has 0 saturated heterocycles. The van der Waals surface area contributed by atoms with Gasteiger partial charge in [-0.15, -0.1) is 10.2 Å². The van der Waals surface area contributed by atoms with E-state index in [0.717, 1.165) is 41.3 Å². The molecule has 1 heterocycles. The van der Waals surface area contributed by atoms with Crippen molar-refractivity contribution in [3.05, 3.63) is 96.1 Å². The number of nitrogens with zero attached hydrogens (tertiary/aromatic N) is 3. The Morgan fingerprint density at radius 3 is 1.93 bits per heavy atom. The lowest BCUT2D eigenvalue weighted by Crippen LogP contribution is -2.06. The van der Waals surface area contributed by atoms with Gasteiger partial charge in [-0.25, -0.2) is 0 Å². The highest BCUT2D eigenvalue weighted by Crippen LogP contribution is 2.33. The molecule has 0 radical (unpaired) electrons. The summed E-state index contributed by atoms with van der Waals surface area (Å²) in [6, 6.07) is 27.1. The molecule has 0 saturated carbocycles. The molecule has 1 aliphatic rings. The third-order valence-corrected chi connectivity index (χ3v) is 5.01. The van der Waals surface area contributed by atoms with Gasteiger partial charge in [0.1, 0.15) is 0 Å². The fourth-order valence-electron chi connectivity index (χ4n) is 3.71. The Bertz CT molecular complexity index is 1050. The van der Waals surface area contributed by atoms with E-state index in [9.17, 15) is 0 Å². The maximum absolute atomic E-state index is 4.58. The van der Waals surface area contributed by atoms with Gasteiger partial charge in [0.05, 0.1) is 5.69 Å². The molecule has 5 rings (SSSR count). The molecule has 3 heteroatoms. The molecule has 130 valence electrons. The SMILES string of the molecule is C1=Cc2c(cccc2-n2c(-c3ccccc3)nnc2-c2ccccc2)CC1. The van der Waals surface area contributed by atoms with Gasteiger partial charge in [0.2, 0.25) is 0 Å². The van der Waals surface area contributed by atoms with E-state index in [2.05, 4.69) is 69.4 Å². The van der Waals surface area contributed by atoms with Crippen LogP contribution in [0, 0.1) is 0 Å². The van der Waals surface area contributed by atoms with Crippen molar-refractivity contribution in [1.29, 1.82) is 0 Å². The van der Waals surface area contributed by atoms with Crippen molar-refractivity contribution < 1.29 is 0 Å². The standard InChI is InChI=1S/C24H19N3/c1-3-11-19(12-4-1)23-25-26-24(20-13-5-2-6-14-20)27(23)22-17-9-15-18-10-7-8-16-21(18)22/h1-6,8-9,11-17H,7,10H2. The van der Waals surface area contributed by atoms with Crippen LogP contribution in [0.5, 0.6) is 0 Å². The van der Waals surface area contributed by atoms with Crippen molar-refractivity contribution >= 4 is 6.08 Å². The molecule has 0 bridgehead atoms. The summed E-state index contributed by atoms with van der Waals surface area (Å²) in [5.41, 5.74) is 5.89. The van der Waals surface area contributed by atoms with Crippen LogP contribution >= 0.6 is 0 Å². The van der Waals surface area contributed by atoms with Gasteiger partial charge in [0.25, 0.3) is 0 Å². The number of hydrogen-bond acceptors (Lipinski definition) is 2. The lowest BCUT2D eigenvalue weighted by Gasteiger charge is -2.18. The number of aryl methyl sites for hydroxylation is 1. The molecule has 3 aromatic carbocycles. The minimum atomic E-state index is 0.863. The number of rotatable bonds is 3. The predicted molar refractivity (Wildman–Crippen MR) is 110 cm³/mol. The fraction of sp³-hybridized carbons (Fsp3) is 0.0833. The Balaban J connectivity index is 1.81. The molecule has 0 atom stereocenters. The molecule has 0 unspecified atom stereocenters. The van der Waals surface area contributed by atoms with Crippen molar-refractivity contribution in [1.82, 2.24) is 14.8 Å². The van der Waals surface area contributed by atoms with E-state index in [0.29, 0.717) is 0 Å². The number of aromatic nitrogens is 3. The van der Waals surface area contributed by atoms with E-state index in [1.165, 1.54) is 11.1 Å². The first-order valence-electron chi connectivity index (χ1n) is 9.27. The highest BCUT2D eigenvalue weighted by atomic mass is 15.3. The summed E-state index contributed by atoms with van der Waals surface area (Å²) < 4.78 is 2.19. The molecule has 0 N–H and O–H groups in total. The summed E-state index contributed by atoms with van der Waals surface area (Å²) in [6.07, 6.45) is 6.65. The van der Waals surface area contributed by atoms with Gasteiger partial charge in [-0.2, -0.15) is 0 Å². The molecular weight excluding hydrogens is 330 g/mol. The first-order chi connectivity index (χ1) is 13.4. The number of allylic oxidation sites excluding steroid dienone is 1. The van der Waals surface area contributed by atoms with Gasteiger partial charge < -0.3 is 0 Å². The quantitative estimate of drug-likeness (QED) is 0.485. The highest BCUT2D eigenvalue weighted by Gasteiger charge is 2.20. The Kier molecular flexibility index (Phi) is 3.91. The zero-order valence-corrected chi connectivity index (χ0v) is 14.9. The summed E-state index contributed by atoms with van der Waals surface area (Å²) in [5, 5.41) is 9.15. The first-order valence-corrected chi connectivity index (χ1v) is 9.27. The van der Waals surface area contributed by atoms with E-state index < -0.39 is 0 Å².